The molecule has 1 amide bonds. The number of nitrogens with zero attached hydrogens (tertiary/aromatic N) is 1. The summed E-state index contributed by atoms with van der Waals surface area (Å²) in [6.07, 6.45) is 2.40. The lowest BCUT2D eigenvalue weighted by atomic mass is 10.0. The van der Waals surface area contributed by atoms with Gasteiger partial charge in [0, 0.05) is 41.3 Å². The Morgan fingerprint density at radius 1 is 0.970 bits per heavy atom. The van der Waals surface area contributed by atoms with E-state index in [0.717, 1.165) is 27.7 Å². The standard InChI is InChI=1S/C27H27N3O3/c1-2-33-27(32)24(16-19-6-4-3-5-7-19)29-26(31)21-10-8-20(9-11-21)18-30-15-14-22-17-23(28)12-13-25(22)30/h3-15,17,24H,2,16,18,28H2,1H3,(H,29,31). The van der Waals surface area contributed by atoms with Crippen LogP contribution in [0.4, 0.5) is 5.69 Å². The van der Waals surface area contributed by atoms with Crippen LogP contribution in [0.2, 0.25) is 0 Å². The molecule has 6 nitrogen and oxygen atoms in total. The van der Waals surface area contributed by atoms with Gasteiger partial charge in [0.05, 0.1) is 6.61 Å². The molecule has 0 aliphatic carbocycles. The average molecular weight is 442 g/mol. The van der Waals surface area contributed by atoms with E-state index >= 15 is 0 Å². The number of hydrogen-bond acceptors (Lipinski definition) is 4. The third-order valence-electron chi connectivity index (χ3n) is 5.52. The smallest absolute Gasteiger partial charge is 0.328 e. The van der Waals surface area contributed by atoms with Crippen LogP contribution in [0, 0.1) is 0 Å². The zero-order valence-corrected chi connectivity index (χ0v) is 18.5. The fourth-order valence-electron chi connectivity index (χ4n) is 3.84. The van der Waals surface area contributed by atoms with E-state index in [2.05, 4.69) is 9.88 Å². The molecule has 0 spiro atoms. The summed E-state index contributed by atoms with van der Waals surface area (Å²) in [6, 6.07) is 24.1. The number of rotatable bonds is 8. The van der Waals surface area contributed by atoms with Gasteiger partial charge in [-0.1, -0.05) is 42.5 Å². The molecule has 3 N–H and O–H groups in total. The second kappa shape index (κ2) is 10.0. The Hall–Kier alpha value is -4.06. The average Bonchev–Trinajstić information content (AvgIpc) is 3.21. The van der Waals surface area contributed by atoms with Crippen molar-refractivity contribution in [2.24, 2.45) is 0 Å². The van der Waals surface area contributed by atoms with Crippen molar-refractivity contribution < 1.29 is 14.3 Å². The molecule has 0 saturated heterocycles. The molecule has 3 aromatic carbocycles. The molecular formula is C27H27N3O3. The number of nitrogens with one attached hydrogen (secondary N) is 1. The van der Waals surface area contributed by atoms with Crippen LogP contribution < -0.4 is 11.1 Å². The molecule has 0 aliphatic heterocycles. The Labute approximate surface area is 193 Å². The van der Waals surface area contributed by atoms with E-state index in [1.54, 1.807) is 19.1 Å². The highest BCUT2D eigenvalue weighted by Crippen LogP contribution is 2.20. The molecule has 0 radical (unpaired) electrons. The van der Waals surface area contributed by atoms with Gasteiger partial charge in [0.15, 0.2) is 0 Å². The molecule has 0 saturated carbocycles. The number of esters is 1. The molecule has 0 fully saturated rings. The monoisotopic (exact) mass is 441 g/mol. The minimum atomic E-state index is -0.752. The number of benzene rings is 3. The number of amides is 1. The van der Waals surface area contributed by atoms with Gasteiger partial charge in [0.2, 0.25) is 0 Å². The lowest BCUT2D eigenvalue weighted by Gasteiger charge is -2.17. The van der Waals surface area contributed by atoms with E-state index in [1.165, 1.54) is 0 Å². The molecule has 33 heavy (non-hydrogen) atoms. The van der Waals surface area contributed by atoms with Gasteiger partial charge in [-0.15, -0.1) is 0 Å². The van der Waals surface area contributed by atoms with E-state index in [1.807, 2.05) is 72.9 Å². The normalized spacial score (nSPS) is 11.8. The predicted octanol–water partition coefficient (Wildman–Crippen LogP) is 4.18. The molecular weight excluding hydrogens is 414 g/mol. The van der Waals surface area contributed by atoms with Gasteiger partial charge in [0.1, 0.15) is 6.04 Å². The molecule has 4 aromatic rings. The van der Waals surface area contributed by atoms with Crippen molar-refractivity contribution in [2.45, 2.75) is 25.9 Å². The van der Waals surface area contributed by atoms with Crippen molar-refractivity contribution in [1.82, 2.24) is 9.88 Å². The maximum atomic E-state index is 12.9. The molecule has 1 unspecified atom stereocenters. The van der Waals surface area contributed by atoms with Crippen LogP contribution in [0.15, 0.2) is 85.1 Å². The van der Waals surface area contributed by atoms with Gasteiger partial charge >= 0.3 is 5.97 Å². The number of hydrogen-bond donors (Lipinski definition) is 2. The second-order valence-corrected chi connectivity index (χ2v) is 7.93. The van der Waals surface area contributed by atoms with Gasteiger partial charge in [-0.25, -0.2) is 4.79 Å². The zero-order valence-electron chi connectivity index (χ0n) is 18.5. The van der Waals surface area contributed by atoms with Crippen molar-refractivity contribution in [3.05, 3.63) is 102 Å². The first-order valence-electron chi connectivity index (χ1n) is 11.0. The van der Waals surface area contributed by atoms with Crippen molar-refractivity contribution in [1.29, 1.82) is 0 Å². The van der Waals surface area contributed by atoms with Crippen LogP contribution in [0.3, 0.4) is 0 Å². The third-order valence-corrected chi connectivity index (χ3v) is 5.52. The highest BCUT2D eigenvalue weighted by molar-refractivity contribution is 5.96. The third kappa shape index (κ3) is 5.41. The first-order valence-corrected chi connectivity index (χ1v) is 11.0. The first-order chi connectivity index (χ1) is 16.0. The maximum Gasteiger partial charge on any atom is 0.328 e. The summed E-state index contributed by atoms with van der Waals surface area (Å²) in [4.78, 5) is 25.3. The Morgan fingerprint density at radius 2 is 1.73 bits per heavy atom. The zero-order chi connectivity index (χ0) is 23.2. The summed E-state index contributed by atoms with van der Waals surface area (Å²) in [6.45, 7) is 2.69. The molecule has 1 atom stereocenters. The Morgan fingerprint density at radius 3 is 2.45 bits per heavy atom. The molecule has 4 rings (SSSR count). The van der Waals surface area contributed by atoms with Crippen LogP contribution in [-0.2, 0) is 22.5 Å². The number of carbonyl (C=O) groups is 2. The predicted molar refractivity (Wildman–Crippen MR) is 130 cm³/mol. The number of nitrogen functional groups attached to an aromatic ring is 1. The fraction of sp³-hybridized carbons (Fsp3) is 0.185. The van der Waals surface area contributed by atoms with Crippen LogP contribution in [0.25, 0.3) is 10.9 Å². The first kappa shape index (κ1) is 22.1. The summed E-state index contributed by atoms with van der Waals surface area (Å²) in [7, 11) is 0. The van der Waals surface area contributed by atoms with Crippen LogP contribution >= 0.6 is 0 Å². The number of fused-ring (bicyclic) bond motifs is 1. The van der Waals surface area contributed by atoms with E-state index in [0.29, 0.717) is 18.5 Å². The van der Waals surface area contributed by atoms with Crippen LogP contribution in [-0.4, -0.2) is 29.1 Å². The number of aromatic nitrogens is 1. The molecule has 0 aliphatic rings. The van der Waals surface area contributed by atoms with E-state index in [-0.39, 0.29) is 12.5 Å². The van der Waals surface area contributed by atoms with Gasteiger partial charge in [-0.3, -0.25) is 4.79 Å². The molecule has 1 aromatic heterocycles. The van der Waals surface area contributed by atoms with Crippen molar-refractivity contribution in [2.75, 3.05) is 12.3 Å². The van der Waals surface area contributed by atoms with Gasteiger partial charge < -0.3 is 20.4 Å². The molecule has 0 bridgehead atoms. The van der Waals surface area contributed by atoms with Crippen molar-refractivity contribution in [3.8, 4) is 0 Å². The second-order valence-electron chi connectivity index (χ2n) is 7.93. The Bertz CT molecular complexity index is 1250. The Balaban J connectivity index is 1.45. The summed E-state index contributed by atoms with van der Waals surface area (Å²) in [5.41, 5.74) is 10.2. The Kier molecular flexibility index (Phi) is 6.74. The quantitative estimate of drug-likeness (QED) is 0.317. The van der Waals surface area contributed by atoms with E-state index < -0.39 is 12.0 Å². The fourth-order valence-corrected chi connectivity index (χ4v) is 3.84. The number of ether oxygens (including phenoxy) is 1. The summed E-state index contributed by atoms with van der Waals surface area (Å²) in [5, 5.41) is 3.92. The highest BCUT2D eigenvalue weighted by atomic mass is 16.5. The SMILES string of the molecule is CCOC(=O)C(Cc1ccccc1)NC(=O)c1ccc(Cn2ccc3cc(N)ccc32)cc1. The summed E-state index contributed by atoms with van der Waals surface area (Å²) >= 11 is 0. The molecule has 1 heterocycles. The van der Waals surface area contributed by atoms with E-state index in [9.17, 15) is 9.59 Å². The lowest BCUT2D eigenvalue weighted by Crippen LogP contribution is -2.43. The summed E-state index contributed by atoms with van der Waals surface area (Å²) < 4.78 is 7.31. The summed E-state index contributed by atoms with van der Waals surface area (Å²) in [5.74, 6) is -0.746. The topological polar surface area (TPSA) is 86.3 Å². The maximum absolute atomic E-state index is 12.9. The molecule has 168 valence electrons. The van der Waals surface area contributed by atoms with Crippen molar-refractivity contribution >= 4 is 28.5 Å². The number of carbonyl (C=O) groups excluding carboxylic acids is 2. The van der Waals surface area contributed by atoms with Crippen LogP contribution in [0.5, 0.6) is 0 Å². The van der Waals surface area contributed by atoms with Gasteiger partial charge in [0.25, 0.3) is 5.91 Å². The largest absolute Gasteiger partial charge is 0.464 e. The molecule has 6 heteroatoms. The highest BCUT2D eigenvalue weighted by Gasteiger charge is 2.23. The van der Waals surface area contributed by atoms with Crippen LogP contribution in [0.1, 0.15) is 28.4 Å². The lowest BCUT2D eigenvalue weighted by molar-refractivity contribution is -0.145. The minimum absolute atomic E-state index is 0.259. The van der Waals surface area contributed by atoms with Gasteiger partial charge in [-0.2, -0.15) is 0 Å². The van der Waals surface area contributed by atoms with E-state index in [4.69, 9.17) is 10.5 Å². The minimum Gasteiger partial charge on any atom is -0.464 e. The number of nitrogens with two attached hydrogens (primary N) is 1. The van der Waals surface area contributed by atoms with Gasteiger partial charge in [-0.05, 0) is 54.4 Å². The number of anilines is 1. The van der Waals surface area contributed by atoms with Crippen molar-refractivity contribution in [3.63, 3.8) is 0 Å².